The molecule has 2 fully saturated rings. The van der Waals surface area contributed by atoms with Crippen LogP contribution < -0.4 is 0 Å². The second-order valence-corrected chi connectivity index (χ2v) is 7.38. The van der Waals surface area contributed by atoms with E-state index < -0.39 is 0 Å². The molecule has 0 N–H and O–H groups in total. The Morgan fingerprint density at radius 3 is 2.70 bits per heavy atom. The third-order valence-electron chi connectivity index (χ3n) is 5.46. The highest BCUT2D eigenvalue weighted by molar-refractivity contribution is 5.78. The van der Waals surface area contributed by atoms with Crippen LogP contribution in [0.3, 0.4) is 0 Å². The van der Waals surface area contributed by atoms with Crippen molar-refractivity contribution < 1.29 is 4.79 Å². The number of benzene rings is 1. The first-order valence-electron chi connectivity index (χ1n) is 9.28. The molecule has 0 unspecified atom stereocenters. The average molecular weight is 314 g/mol. The standard InChI is InChI=1S/C20H30N2O/c1-17-7-5-14-22(15-17)20(23)16-21-13-6-10-19(21)12-11-18-8-3-2-4-9-18/h2-4,8-9,17,19H,5-7,10-16H2,1H3/t17-,19+/m1/s1. The summed E-state index contributed by atoms with van der Waals surface area (Å²) in [4.78, 5) is 17.1. The predicted octanol–water partition coefficient (Wildman–Crippen LogP) is 3.34. The Morgan fingerprint density at radius 1 is 1.13 bits per heavy atom. The van der Waals surface area contributed by atoms with Crippen LogP contribution in [-0.2, 0) is 11.2 Å². The third-order valence-corrected chi connectivity index (χ3v) is 5.46. The fourth-order valence-electron chi connectivity index (χ4n) is 4.10. The number of rotatable bonds is 5. The van der Waals surface area contributed by atoms with Gasteiger partial charge in [0.2, 0.25) is 5.91 Å². The molecule has 0 aromatic heterocycles. The number of piperidine rings is 1. The van der Waals surface area contributed by atoms with Gasteiger partial charge in [-0.3, -0.25) is 9.69 Å². The van der Waals surface area contributed by atoms with E-state index in [2.05, 4.69) is 47.1 Å². The van der Waals surface area contributed by atoms with E-state index in [0.717, 1.165) is 26.1 Å². The highest BCUT2D eigenvalue weighted by atomic mass is 16.2. The van der Waals surface area contributed by atoms with E-state index in [4.69, 9.17) is 0 Å². The van der Waals surface area contributed by atoms with Crippen LogP contribution in [0.4, 0.5) is 0 Å². The van der Waals surface area contributed by atoms with Gasteiger partial charge in [-0.25, -0.2) is 0 Å². The fraction of sp³-hybridized carbons (Fsp3) is 0.650. The van der Waals surface area contributed by atoms with Gasteiger partial charge in [-0.05, 0) is 56.6 Å². The maximum absolute atomic E-state index is 12.6. The van der Waals surface area contributed by atoms with E-state index in [1.807, 2.05) is 0 Å². The first-order chi connectivity index (χ1) is 11.2. The summed E-state index contributed by atoms with van der Waals surface area (Å²) in [6, 6.07) is 11.3. The molecule has 2 atom stereocenters. The summed E-state index contributed by atoms with van der Waals surface area (Å²) in [6.45, 7) is 5.91. The van der Waals surface area contributed by atoms with Gasteiger partial charge >= 0.3 is 0 Å². The summed E-state index contributed by atoms with van der Waals surface area (Å²) in [5.41, 5.74) is 1.41. The van der Waals surface area contributed by atoms with Crippen LogP contribution in [0.1, 0.15) is 44.6 Å². The maximum Gasteiger partial charge on any atom is 0.236 e. The Morgan fingerprint density at radius 2 is 1.91 bits per heavy atom. The number of carbonyl (C=O) groups excluding carboxylic acids is 1. The van der Waals surface area contributed by atoms with Gasteiger partial charge in [0.1, 0.15) is 0 Å². The molecule has 2 heterocycles. The minimum absolute atomic E-state index is 0.350. The SMILES string of the molecule is C[C@@H]1CCCN(C(=O)CN2CCC[C@H]2CCc2ccccc2)C1. The van der Waals surface area contributed by atoms with Crippen LogP contribution in [0.15, 0.2) is 30.3 Å². The molecule has 1 amide bonds. The van der Waals surface area contributed by atoms with Gasteiger partial charge in [0.05, 0.1) is 6.54 Å². The molecule has 23 heavy (non-hydrogen) atoms. The molecular weight excluding hydrogens is 284 g/mol. The van der Waals surface area contributed by atoms with Crippen molar-refractivity contribution >= 4 is 5.91 Å². The fourth-order valence-corrected chi connectivity index (χ4v) is 4.10. The van der Waals surface area contributed by atoms with E-state index in [-0.39, 0.29) is 0 Å². The summed E-state index contributed by atoms with van der Waals surface area (Å²) >= 11 is 0. The van der Waals surface area contributed by atoms with E-state index >= 15 is 0 Å². The van der Waals surface area contributed by atoms with Gasteiger partial charge in [-0.2, -0.15) is 0 Å². The zero-order valence-electron chi connectivity index (χ0n) is 14.4. The molecule has 3 rings (SSSR count). The third kappa shape index (κ3) is 4.57. The van der Waals surface area contributed by atoms with Crippen molar-refractivity contribution in [1.82, 2.24) is 9.80 Å². The molecule has 2 saturated heterocycles. The van der Waals surface area contributed by atoms with E-state index in [9.17, 15) is 4.79 Å². The Bertz CT molecular complexity index is 502. The molecule has 0 radical (unpaired) electrons. The minimum Gasteiger partial charge on any atom is -0.341 e. The lowest BCUT2D eigenvalue weighted by Gasteiger charge is -2.33. The molecule has 2 aliphatic rings. The van der Waals surface area contributed by atoms with E-state index in [1.165, 1.54) is 37.7 Å². The molecule has 0 saturated carbocycles. The number of carbonyl (C=O) groups is 1. The molecule has 3 nitrogen and oxygen atoms in total. The van der Waals surface area contributed by atoms with E-state index in [1.54, 1.807) is 0 Å². The van der Waals surface area contributed by atoms with Crippen LogP contribution >= 0.6 is 0 Å². The van der Waals surface area contributed by atoms with Crippen molar-refractivity contribution in [1.29, 1.82) is 0 Å². The maximum atomic E-state index is 12.6. The molecular formula is C20H30N2O. The number of nitrogens with zero attached hydrogens (tertiary/aromatic N) is 2. The van der Waals surface area contributed by atoms with Crippen LogP contribution in [0.5, 0.6) is 0 Å². The van der Waals surface area contributed by atoms with Crippen molar-refractivity contribution in [3.63, 3.8) is 0 Å². The first-order valence-corrected chi connectivity index (χ1v) is 9.28. The van der Waals surface area contributed by atoms with Gasteiger partial charge in [0.15, 0.2) is 0 Å². The highest BCUT2D eigenvalue weighted by Gasteiger charge is 2.28. The Kier molecular flexibility index (Phi) is 5.71. The molecule has 1 aromatic rings. The lowest BCUT2D eigenvalue weighted by atomic mass is 10.0. The zero-order valence-corrected chi connectivity index (χ0v) is 14.4. The molecule has 1 aromatic carbocycles. The summed E-state index contributed by atoms with van der Waals surface area (Å²) < 4.78 is 0. The van der Waals surface area contributed by atoms with Crippen LogP contribution in [0.2, 0.25) is 0 Å². The van der Waals surface area contributed by atoms with Crippen LogP contribution in [-0.4, -0.2) is 47.9 Å². The largest absolute Gasteiger partial charge is 0.341 e. The van der Waals surface area contributed by atoms with Crippen molar-refractivity contribution in [3.05, 3.63) is 35.9 Å². The zero-order chi connectivity index (χ0) is 16.1. The van der Waals surface area contributed by atoms with Gasteiger partial charge in [-0.1, -0.05) is 37.3 Å². The lowest BCUT2D eigenvalue weighted by molar-refractivity contribution is -0.134. The van der Waals surface area contributed by atoms with Gasteiger partial charge in [-0.15, -0.1) is 0 Å². The molecule has 3 heteroatoms. The van der Waals surface area contributed by atoms with Crippen LogP contribution in [0.25, 0.3) is 0 Å². The van der Waals surface area contributed by atoms with Crippen molar-refractivity contribution in [2.45, 2.75) is 51.5 Å². The molecule has 126 valence electrons. The molecule has 0 aliphatic carbocycles. The molecule has 2 aliphatic heterocycles. The number of hydrogen-bond donors (Lipinski definition) is 0. The quantitative estimate of drug-likeness (QED) is 0.832. The normalized spacial score (nSPS) is 25.7. The van der Waals surface area contributed by atoms with Gasteiger partial charge in [0, 0.05) is 19.1 Å². The molecule has 0 spiro atoms. The topological polar surface area (TPSA) is 23.6 Å². The first kappa shape index (κ1) is 16.5. The number of hydrogen-bond acceptors (Lipinski definition) is 2. The Balaban J connectivity index is 1.49. The van der Waals surface area contributed by atoms with Crippen LogP contribution in [0, 0.1) is 5.92 Å². The summed E-state index contributed by atoms with van der Waals surface area (Å²) in [5, 5.41) is 0. The average Bonchev–Trinajstić information content (AvgIpc) is 3.01. The molecule has 0 bridgehead atoms. The number of aryl methyl sites for hydroxylation is 1. The summed E-state index contributed by atoms with van der Waals surface area (Å²) in [6.07, 6.45) is 7.22. The van der Waals surface area contributed by atoms with Gasteiger partial charge in [0.25, 0.3) is 0 Å². The second-order valence-electron chi connectivity index (χ2n) is 7.38. The number of likely N-dealkylation sites (tertiary alicyclic amines) is 2. The van der Waals surface area contributed by atoms with Gasteiger partial charge < -0.3 is 4.90 Å². The summed E-state index contributed by atoms with van der Waals surface area (Å²) in [7, 11) is 0. The summed E-state index contributed by atoms with van der Waals surface area (Å²) in [5.74, 6) is 1.02. The highest BCUT2D eigenvalue weighted by Crippen LogP contribution is 2.23. The van der Waals surface area contributed by atoms with Crippen molar-refractivity contribution in [2.75, 3.05) is 26.2 Å². The monoisotopic (exact) mass is 314 g/mol. The number of amides is 1. The van der Waals surface area contributed by atoms with Crippen molar-refractivity contribution in [2.24, 2.45) is 5.92 Å². The van der Waals surface area contributed by atoms with Crippen molar-refractivity contribution in [3.8, 4) is 0 Å². The Labute approximate surface area is 140 Å². The Hall–Kier alpha value is -1.35. The lowest BCUT2D eigenvalue weighted by Crippen LogP contribution is -2.45. The van der Waals surface area contributed by atoms with E-state index in [0.29, 0.717) is 24.4 Å². The smallest absolute Gasteiger partial charge is 0.236 e. The minimum atomic E-state index is 0.350. The predicted molar refractivity (Wildman–Crippen MR) is 94.3 cm³/mol. The second kappa shape index (κ2) is 7.96.